The Bertz CT molecular complexity index is 253. The Kier molecular flexibility index (Phi) is 3.98. The lowest BCUT2D eigenvalue weighted by atomic mass is 9.86. The summed E-state index contributed by atoms with van der Waals surface area (Å²) >= 11 is 0. The normalized spacial score (nSPS) is 30.3. The topological polar surface area (TPSA) is 34.1 Å². The summed E-state index contributed by atoms with van der Waals surface area (Å²) in [5, 5.41) is 0. The summed E-state index contributed by atoms with van der Waals surface area (Å²) in [5.41, 5.74) is 0. The van der Waals surface area contributed by atoms with Gasteiger partial charge in [0, 0.05) is 10.7 Å². The Morgan fingerprint density at radius 1 is 1.38 bits per heavy atom. The van der Waals surface area contributed by atoms with Gasteiger partial charge in [-0.25, -0.2) is 12.8 Å². The van der Waals surface area contributed by atoms with Crippen molar-refractivity contribution in [2.24, 2.45) is 5.92 Å². The SMILES string of the molecule is O=S(=O)(Cl)CCC1CCCC(F)C1. The molecule has 5 heteroatoms. The van der Waals surface area contributed by atoms with Crippen LogP contribution in [0.25, 0.3) is 0 Å². The van der Waals surface area contributed by atoms with E-state index in [9.17, 15) is 12.8 Å². The Labute approximate surface area is 82.9 Å². The Hall–Kier alpha value is 0.170. The summed E-state index contributed by atoms with van der Waals surface area (Å²) in [6.07, 6.45) is 2.71. The number of alkyl halides is 1. The molecule has 1 aliphatic rings. The smallest absolute Gasteiger partial charge is 0.232 e. The van der Waals surface area contributed by atoms with Crippen LogP contribution in [-0.4, -0.2) is 20.3 Å². The molecule has 2 nitrogen and oxygen atoms in total. The van der Waals surface area contributed by atoms with Gasteiger partial charge in [-0.2, -0.15) is 0 Å². The predicted molar refractivity (Wildman–Crippen MR) is 51.1 cm³/mol. The zero-order chi connectivity index (χ0) is 9.90. The van der Waals surface area contributed by atoms with E-state index in [-0.39, 0.29) is 11.7 Å². The van der Waals surface area contributed by atoms with E-state index >= 15 is 0 Å². The van der Waals surface area contributed by atoms with Crippen molar-refractivity contribution in [3.63, 3.8) is 0 Å². The Morgan fingerprint density at radius 2 is 2.08 bits per heavy atom. The molecule has 13 heavy (non-hydrogen) atoms. The minimum absolute atomic E-state index is 0.0219. The maximum Gasteiger partial charge on any atom is 0.232 e. The fraction of sp³-hybridized carbons (Fsp3) is 1.00. The van der Waals surface area contributed by atoms with E-state index in [2.05, 4.69) is 0 Å². The third-order valence-electron chi connectivity index (χ3n) is 2.49. The zero-order valence-electron chi connectivity index (χ0n) is 7.38. The van der Waals surface area contributed by atoms with Crippen LogP contribution < -0.4 is 0 Å². The molecule has 1 saturated carbocycles. The molecule has 0 radical (unpaired) electrons. The lowest BCUT2D eigenvalue weighted by Gasteiger charge is -2.23. The lowest BCUT2D eigenvalue weighted by Crippen LogP contribution is -2.18. The summed E-state index contributed by atoms with van der Waals surface area (Å²) in [6.45, 7) is 0. The molecule has 0 saturated heterocycles. The van der Waals surface area contributed by atoms with Gasteiger partial charge in [0.05, 0.1) is 5.75 Å². The van der Waals surface area contributed by atoms with Gasteiger partial charge in [-0.3, -0.25) is 0 Å². The second kappa shape index (κ2) is 4.60. The van der Waals surface area contributed by atoms with E-state index in [1.165, 1.54) is 0 Å². The standard InChI is InChI=1S/C8H14ClFO2S/c9-13(11,12)5-4-7-2-1-3-8(10)6-7/h7-8H,1-6H2. The molecule has 0 aromatic carbocycles. The zero-order valence-corrected chi connectivity index (χ0v) is 8.95. The molecule has 0 spiro atoms. The number of rotatable bonds is 3. The van der Waals surface area contributed by atoms with Crippen molar-refractivity contribution in [2.75, 3.05) is 5.75 Å². The van der Waals surface area contributed by atoms with Gasteiger partial charge in [0.2, 0.25) is 9.05 Å². The summed E-state index contributed by atoms with van der Waals surface area (Å²) in [4.78, 5) is 0. The van der Waals surface area contributed by atoms with Crippen molar-refractivity contribution in [3.05, 3.63) is 0 Å². The first kappa shape index (κ1) is 11.2. The predicted octanol–water partition coefficient (Wildman–Crippen LogP) is 2.47. The van der Waals surface area contributed by atoms with Crippen molar-refractivity contribution in [1.29, 1.82) is 0 Å². The van der Waals surface area contributed by atoms with E-state index < -0.39 is 15.2 Å². The van der Waals surface area contributed by atoms with Gasteiger partial charge in [-0.1, -0.05) is 12.8 Å². The average Bonchev–Trinajstić information content (AvgIpc) is 2.00. The van der Waals surface area contributed by atoms with E-state index in [1.807, 2.05) is 0 Å². The van der Waals surface area contributed by atoms with E-state index in [4.69, 9.17) is 10.7 Å². The van der Waals surface area contributed by atoms with Crippen molar-refractivity contribution in [2.45, 2.75) is 38.3 Å². The van der Waals surface area contributed by atoms with Crippen LogP contribution in [-0.2, 0) is 9.05 Å². The summed E-state index contributed by atoms with van der Waals surface area (Å²) in [6, 6.07) is 0. The Balaban J connectivity index is 2.29. The van der Waals surface area contributed by atoms with Gasteiger partial charge in [0.15, 0.2) is 0 Å². The highest BCUT2D eigenvalue weighted by atomic mass is 35.7. The summed E-state index contributed by atoms with van der Waals surface area (Å²) < 4.78 is 34.1. The maximum atomic E-state index is 12.9. The molecule has 0 heterocycles. The van der Waals surface area contributed by atoms with Crippen LogP contribution in [0.3, 0.4) is 0 Å². The fourth-order valence-corrected chi connectivity index (χ4v) is 2.68. The molecule has 0 N–H and O–H groups in total. The van der Waals surface area contributed by atoms with Crippen molar-refractivity contribution in [3.8, 4) is 0 Å². The van der Waals surface area contributed by atoms with Crippen LogP contribution in [0.15, 0.2) is 0 Å². The van der Waals surface area contributed by atoms with Gasteiger partial charge < -0.3 is 0 Å². The first-order valence-corrected chi connectivity index (χ1v) is 7.01. The highest BCUT2D eigenvalue weighted by Crippen LogP contribution is 2.29. The molecule has 0 bridgehead atoms. The first-order valence-electron chi connectivity index (χ1n) is 4.54. The van der Waals surface area contributed by atoms with Gasteiger partial charge in [0.1, 0.15) is 6.17 Å². The fourth-order valence-electron chi connectivity index (χ4n) is 1.80. The molecule has 2 atom stereocenters. The minimum Gasteiger partial charge on any atom is -0.247 e. The Morgan fingerprint density at radius 3 is 2.62 bits per heavy atom. The highest BCUT2D eigenvalue weighted by Gasteiger charge is 2.22. The van der Waals surface area contributed by atoms with Crippen LogP contribution in [0.2, 0.25) is 0 Å². The number of hydrogen-bond acceptors (Lipinski definition) is 2. The van der Waals surface area contributed by atoms with Gasteiger partial charge >= 0.3 is 0 Å². The highest BCUT2D eigenvalue weighted by molar-refractivity contribution is 8.13. The second-order valence-corrected chi connectivity index (χ2v) is 6.56. The van der Waals surface area contributed by atoms with Crippen LogP contribution >= 0.6 is 10.7 Å². The van der Waals surface area contributed by atoms with E-state index in [0.717, 1.165) is 12.8 Å². The molecule has 1 rings (SSSR count). The largest absolute Gasteiger partial charge is 0.247 e. The van der Waals surface area contributed by atoms with E-state index in [0.29, 0.717) is 19.3 Å². The molecule has 1 aliphatic carbocycles. The van der Waals surface area contributed by atoms with E-state index in [1.54, 1.807) is 0 Å². The van der Waals surface area contributed by atoms with Crippen molar-refractivity contribution < 1.29 is 12.8 Å². The van der Waals surface area contributed by atoms with Crippen LogP contribution in [0, 0.1) is 5.92 Å². The van der Waals surface area contributed by atoms with Crippen LogP contribution in [0.1, 0.15) is 32.1 Å². The number of halogens is 2. The quantitative estimate of drug-likeness (QED) is 0.696. The average molecular weight is 229 g/mol. The molecule has 78 valence electrons. The third kappa shape index (κ3) is 4.81. The van der Waals surface area contributed by atoms with Crippen LogP contribution in [0.5, 0.6) is 0 Å². The summed E-state index contributed by atoms with van der Waals surface area (Å²) in [7, 11) is 1.68. The number of hydrogen-bond donors (Lipinski definition) is 0. The maximum absolute atomic E-state index is 12.9. The van der Waals surface area contributed by atoms with Gasteiger partial charge in [-0.15, -0.1) is 0 Å². The first-order chi connectivity index (χ1) is 5.97. The van der Waals surface area contributed by atoms with Gasteiger partial charge in [0.25, 0.3) is 0 Å². The molecule has 0 aromatic rings. The molecule has 0 aromatic heterocycles. The van der Waals surface area contributed by atoms with Crippen LogP contribution in [0.4, 0.5) is 4.39 Å². The monoisotopic (exact) mass is 228 g/mol. The van der Waals surface area contributed by atoms with Crippen molar-refractivity contribution in [1.82, 2.24) is 0 Å². The molecule has 2 unspecified atom stereocenters. The third-order valence-corrected chi connectivity index (χ3v) is 3.67. The molecule has 0 amide bonds. The minimum atomic E-state index is -3.39. The molecule has 0 aliphatic heterocycles. The second-order valence-electron chi connectivity index (χ2n) is 3.66. The molecule has 1 fully saturated rings. The van der Waals surface area contributed by atoms with Gasteiger partial charge in [-0.05, 0) is 25.2 Å². The molecular formula is C8H14ClFO2S. The molecular weight excluding hydrogens is 215 g/mol. The summed E-state index contributed by atoms with van der Waals surface area (Å²) in [5.74, 6) is 0.184. The van der Waals surface area contributed by atoms with Crippen molar-refractivity contribution >= 4 is 19.7 Å². The lowest BCUT2D eigenvalue weighted by molar-refractivity contribution is 0.196.